The molecule has 1 N–H and O–H groups in total. The number of amides is 2. The zero-order valence-electron chi connectivity index (χ0n) is 15.9. The number of hydrogen-bond donors (Lipinski definition) is 1. The van der Waals surface area contributed by atoms with Gasteiger partial charge < -0.3 is 10.2 Å². The molecule has 2 amide bonds. The second-order valence-electron chi connectivity index (χ2n) is 8.03. The van der Waals surface area contributed by atoms with E-state index in [1.807, 2.05) is 49.4 Å². The van der Waals surface area contributed by atoms with Crippen LogP contribution in [0.5, 0.6) is 0 Å². The molecule has 1 unspecified atom stereocenters. The van der Waals surface area contributed by atoms with E-state index in [0.29, 0.717) is 6.54 Å². The summed E-state index contributed by atoms with van der Waals surface area (Å²) in [6.45, 7) is 8.81. The van der Waals surface area contributed by atoms with Gasteiger partial charge in [-0.1, -0.05) is 51.1 Å². The number of para-hydroxylation sites is 1. The van der Waals surface area contributed by atoms with Crippen molar-refractivity contribution in [1.82, 2.24) is 0 Å². The van der Waals surface area contributed by atoms with Crippen molar-refractivity contribution < 1.29 is 9.59 Å². The Morgan fingerprint density at radius 1 is 1.12 bits per heavy atom. The first-order valence-electron chi connectivity index (χ1n) is 9.03. The third-order valence-electron chi connectivity index (χ3n) is 4.78. The van der Waals surface area contributed by atoms with Gasteiger partial charge in [-0.3, -0.25) is 9.59 Å². The molecule has 4 nitrogen and oxygen atoms in total. The molecule has 1 saturated heterocycles. The number of aryl methyl sites for hydroxylation is 1. The normalized spacial score (nSPS) is 17.5. The van der Waals surface area contributed by atoms with Crippen molar-refractivity contribution in [2.45, 2.75) is 39.5 Å². The van der Waals surface area contributed by atoms with E-state index in [1.54, 1.807) is 4.90 Å². The highest BCUT2D eigenvalue weighted by atomic mass is 16.2. The second kappa shape index (κ2) is 6.94. The SMILES string of the molecule is Cc1cccc(NC(=O)C2CC(=O)N(c3ccccc3C(C)(C)C)C2)c1. The Kier molecular flexibility index (Phi) is 4.86. The number of nitrogens with one attached hydrogen (secondary N) is 1. The summed E-state index contributed by atoms with van der Waals surface area (Å²) < 4.78 is 0. The number of rotatable bonds is 3. The van der Waals surface area contributed by atoms with Crippen LogP contribution in [0.4, 0.5) is 11.4 Å². The molecule has 4 heteroatoms. The minimum atomic E-state index is -0.337. The van der Waals surface area contributed by atoms with E-state index in [1.165, 1.54) is 0 Å². The molecule has 0 aromatic heterocycles. The van der Waals surface area contributed by atoms with E-state index in [2.05, 4.69) is 32.2 Å². The molecule has 136 valence electrons. The molecule has 0 aliphatic carbocycles. The highest BCUT2D eigenvalue weighted by molar-refractivity contribution is 6.04. The molecule has 1 aliphatic heterocycles. The number of carbonyl (C=O) groups is 2. The second-order valence-corrected chi connectivity index (χ2v) is 8.03. The maximum absolute atomic E-state index is 12.6. The molecule has 1 heterocycles. The summed E-state index contributed by atoms with van der Waals surface area (Å²) in [5.41, 5.74) is 3.82. The van der Waals surface area contributed by atoms with Crippen molar-refractivity contribution in [2.75, 3.05) is 16.8 Å². The lowest BCUT2D eigenvalue weighted by Gasteiger charge is -2.27. The minimum Gasteiger partial charge on any atom is -0.326 e. The highest BCUT2D eigenvalue weighted by Crippen LogP contribution is 2.35. The number of benzene rings is 2. The average molecular weight is 350 g/mol. The number of hydrogen-bond acceptors (Lipinski definition) is 2. The summed E-state index contributed by atoms with van der Waals surface area (Å²) in [6.07, 6.45) is 0.246. The van der Waals surface area contributed by atoms with Gasteiger partial charge in [-0.15, -0.1) is 0 Å². The van der Waals surface area contributed by atoms with E-state index in [4.69, 9.17) is 0 Å². The van der Waals surface area contributed by atoms with Gasteiger partial charge in [0.15, 0.2) is 0 Å². The lowest BCUT2D eigenvalue weighted by molar-refractivity contribution is -0.122. The fourth-order valence-electron chi connectivity index (χ4n) is 3.43. The van der Waals surface area contributed by atoms with Crippen LogP contribution in [0.25, 0.3) is 0 Å². The lowest BCUT2D eigenvalue weighted by atomic mass is 9.85. The Balaban J connectivity index is 1.78. The van der Waals surface area contributed by atoms with Gasteiger partial charge in [0, 0.05) is 24.3 Å². The van der Waals surface area contributed by atoms with Crippen LogP contribution < -0.4 is 10.2 Å². The molecular weight excluding hydrogens is 324 g/mol. The summed E-state index contributed by atoms with van der Waals surface area (Å²) in [5, 5.41) is 2.94. The maximum atomic E-state index is 12.6. The van der Waals surface area contributed by atoms with Crippen molar-refractivity contribution in [3.63, 3.8) is 0 Å². The largest absolute Gasteiger partial charge is 0.326 e. The Bertz CT molecular complexity index is 836. The number of anilines is 2. The highest BCUT2D eigenvalue weighted by Gasteiger charge is 2.36. The quantitative estimate of drug-likeness (QED) is 0.898. The van der Waals surface area contributed by atoms with Crippen molar-refractivity contribution in [1.29, 1.82) is 0 Å². The average Bonchev–Trinajstić information content (AvgIpc) is 2.96. The Labute approximate surface area is 155 Å². The van der Waals surface area contributed by atoms with Crippen LogP contribution in [-0.2, 0) is 15.0 Å². The predicted octanol–water partition coefficient (Wildman–Crippen LogP) is 4.28. The molecule has 2 aromatic rings. The van der Waals surface area contributed by atoms with Crippen molar-refractivity contribution in [3.8, 4) is 0 Å². The molecule has 0 spiro atoms. The van der Waals surface area contributed by atoms with Crippen LogP contribution in [0.15, 0.2) is 48.5 Å². The van der Waals surface area contributed by atoms with Crippen LogP contribution >= 0.6 is 0 Å². The zero-order chi connectivity index (χ0) is 18.9. The van der Waals surface area contributed by atoms with Gasteiger partial charge in [0.25, 0.3) is 0 Å². The van der Waals surface area contributed by atoms with Gasteiger partial charge in [0.05, 0.1) is 5.92 Å². The van der Waals surface area contributed by atoms with Crippen LogP contribution in [0.3, 0.4) is 0 Å². The minimum absolute atomic E-state index is 0.00564. The van der Waals surface area contributed by atoms with E-state index < -0.39 is 0 Å². The Hall–Kier alpha value is -2.62. The molecule has 3 rings (SSSR count). The van der Waals surface area contributed by atoms with Crippen LogP contribution in [0, 0.1) is 12.8 Å². The van der Waals surface area contributed by atoms with Gasteiger partial charge >= 0.3 is 0 Å². The fourth-order valence-corrected chi connectivity index (χ4v) is 3.43. The first-order chi connectivity index (χ1) is 12.3. The molecule has 0 bridgehead atoms. The van der Waals surface area contributed by atoms with Crippen LogP contribution in [-0.4, -0.2) is 18.4 Å². The monoisotopic (exact) mass is 350 g/mol. The first kappa shape index (κ1) is 18.2. The third-order valence-corrected chi connectivity index (χ3v) is 4.78. The predicted molar refractivity (Wildman–Crippen MR) is 105 cm³/mol. The molecule has 0 radical (unpaired) electrons. The van der Waals surface area contributed by atoms with Gasteiger partial charge in [-0.05, 0) is 41.7 Å². The van der Waals surface area contributed by atoms with Gasteiger partial charge in [-0.2, -0.15) is 0 Å². The summed E-state index contributed by atoms with van der Waals surface area (Å²) in [7, 11) is 0. The number of nitrogens with zero attached hydrogens (tertiary/aromatic N) is 1. The van der Waals surface area contributed by atoms with Crippen LogP contribution in [0.1, 0.15) is 38.3 Å². The Morgan fingerprint density at radius 2 is 1.85 bits per heavy atom. The zero-order valence-corrected chi connectivity index (χ0v) is 15.9. The smallest absolute Gasteiger partial charge is 0.229 e. The Morgan fingerprint density at radius 3 is 2.54 bits per heavy atom. The van der Waals surface area contributed by atoms with Crippen molar-refractivity contribution in [3.05, 3.63) is 59.7 Å². The van der Waals surface area contributed by atoms with E-state index in [0.717, 1.165) is 22.5 Å². The lowest BCUT2D eigenvalue weighted by Crippen LogP contribution is -2.30. The summed E-state index contributed by atoms with van der Waals surface area (Å²) in [5.74, 6) is -0.429. The molecule has 2 aromatic carbocycles. The molecule has 1 fully saturated rings. The topological polar surface area (TPSA) is 49.4 Å². The number of carbonyl (C=O) groups excluding carboxylic acids is 2. The van der Waals surface area contributed by atoms with Gasteiger partial charge in [0.1, 0.15) is 0 Å². The molecule has 26 heavy (non-hydrogen) atoms. The molecule has 0 saturated carbocycles. The summed E-state index contributed by atoms with van der Waals surface area (Å²) in [6, 6.07) is 15.7. The van der Waals surface area contributed by atoms with Crippen molar-refractivity contribution >= 4 is 23.2 Å². The standard InChI is InChI=1S/C22H26N2O2/c1-15-8-7-9-17(12-15)23-21(26)16-13-20(25)24(14-16)19-11-6-5-10-18(19)22(2,3)4/h5-12,16H,13-14H2,1-4H3,(H,23,26). The summed E-state index contributed by atoms with van der Waals surface area (Å²) in [4.78, 5) is 27.0. The van der Waals surface area contributed by atoms with E-state index in [9.17, 15) is 9.59 Å². The van der Waals surface area contributed by atoms with Gasteiger partial charge in [-0.25, -0.2) is 0 Å². The third kappa shape index (κ3) is 3.79. The van der Waals surface area contributed by atoms with Crippen LogP contribution in [0.2, 0.25) is 0 Å². The molecular formula is C22H26N2O2. The summed E-state index contributed by atoms with van der Waals surface area (Å²) >= 11 is 0. The van der Waals surface area contributed by atoms with E-state index in [-0.39, 0.29) is 29.6 Å². The van der Waals surface area contributed by atoms with E-state index >= 15 is 0 Å². The maximum Gasteiger partial charge on any atom is 0.229 e. The van der Waals surface area contributed by atoms with Gasteiger partial charge in [0.2, 0.25) is 11.8 Å². The molecule has 1 aliphatic rings. The van der Waals surface area contributed by atoms with Crippen molar-refractivity contribution in [2.24, 2.45) is 5.92 Å². The fraction of sp³-hybridized carbons (Fsp3) is 0.364. The first-order valence-corrected chi connectivity index (χ1v) is 9.03. The molecule has 1 atom stereocenters.